The second kappa shape index (κ2) is 4.81. The van der Waals surface area contributed by atoms with E-state index >= 15 is 0 Å². The molecule has 0 spiro atoms. The Morgan fingerprint density at radius 2 is 2.37 bits per heavy atom. The maximum atomic E-state index is 13.8. The Balaban J connectivity index is 1.74. The third-order valence-corrected chi connectivity index (χ3v) is 4.00. The molecule has 1 saturated carbocycles. The summed E-state index contributed by atoms with van der Waals surface area (Å²) in [6, 6.07) is 4.46. The van der Waals surface area contributed by atoms with Gasteiger partial charge >= 0.3 is 0 Å². The lowest BCUT2D eigenvalue weighted by molar-refractivity contribution is 0.00802. The lowest BCUT2D eigenvalue weighted by atomic mass is 9.76. The average Bonchev–Trinajstić information content (AvgIpc) is 2.76. The first-order valence-corrected chi connectivity index (χ1v) is 6.45. The van der Waals surface area contributed by atoms with Crippen LogP contribution in [0.5, 0.6) is 5.75 Å². The highest BCUT2D eigenvalue weighted by atomic mass is 19.1. The molecule has 1 amide bonds. The van der Waals surface area contributed by atoms with Crippen LogP contribution in [0.15, 0.2) is 18.2 Å². The zero-order valence-corrected chi connectivity index (χ0v) is 10.7. The summed E-state index contributed by atoms with van der Waals surface area (Å²) in [6.07, 6.45) is 2.05. The van der Waals surface area contributed by atoms with Gasteiger partial charge in [-0.05, 0) is 25.0 Å². The average molecular weight is 265 g/mol. The molecule has 1 aliphatic heterocycles. The Kier molecular flexibility index (Phi) is 3.14. The van der Waals surface area contributed by atoms with Gasteiger partial charge in [-0.3, -0.25) is 4.79 Å². The van der Waals surface area contributed by atoms with Crippen LogP contribution in [0.2, 0.25) is 0 Å². The highest BCUT2D eigenvalue weighted by Gasteiger charge is 2.46. The number of rotatable bonds is 3. The van der Waals surface area contributed by atoms with Gasteiger partial charge in [0, 0.05) is 18.6 Å². The number of hydrogen-bond acceptors (Lipinski definition) is 3. The van der Waals surface area contributed by atoms with Crippen LogP contribution in [0.3, 0.4) is 0 Å². The van der Waals surface area contributed by atoms with E-state index in [-0.39, 0.29) is 23.5 Å². The molecule has 1 aliphatic carbocycles. The third kappa shape index (κ3) is 2.08. The predicted octanol–water partition coefficient (Wildman–Crippen LogP) is 1.74. The maximum absolute atomic E-state index is 13.8. The van der Waals surface area contributed by atoms with Crippen molar-refractivity contribution in [3.8, 4) is 5.75 Å². The monoisotopic (exact) mass is 265 g/mol. The zero-order valence-electron chi connectivity index (χ0n) is 10.7. The summed E-state index contributed by atoms with van der Waals surface area (Å²) in [5.74, 6) is -0.335. The van der Waals surface area contributed by atoms with Crippen LogP contribution in [-0.4, -0.2) is 31.8 Å². The van der Waals surface area contributed by atoms with Gasteiger partial charge in [-0.1, -0.05) is 6.07 Å². The zero-order chi connectivity index (χ0) is 13.4. The van der Waals surface area contributed by atoms with Crippen LogP contribution in [0.4, 0.5) is 4.39 Å². The van der Waals surface area contributed by atoms with Gasteiger partial charge in [-0.25, -0.2) is 4.39 Å². The van der Waals surface area contributed by atoms with Gasteiger partial charge in [0.25, 0.3) is 5.91 Å². The largest absolute Gasteiger partial charge is 0.496 e. The molecular weight excluding hydrogens is 249 g/mol. The van der Waals surface area contributed by atoms with Gasteiger partial charge in [0.1, 0.15) is 17.1 Å². The minimum absolute atomic E-state index is 0.0210. The van der Waals surface area contributed by atoms with Crippen molar-refractivity contribution in [1.29, 1.82) is 0 Å². The Hall–Kier alpha value is -1.62. The number of carbonyl (C=O) groups excluding carboxylic acids is 1. The SMILES string of the molecule is COc1cccc(F)c1C(=O)N[C@@H]1C[C@@H]2OCC[C@@H]21. The van der Waals surface area contributed by atoms with Crippen molar-refractivity contribution in [2.24, 2.45) is 5.92 Å². The molecule has 0 aromatic heterocycles. The summed E-state index contributed by atoms with van der Waals surface area (Å²) < 4.78 is 24.3. The van der Waals surface area contributed by atoms with Crippen LogP contribution in [0, 0.1) is 11.7 Å². The van der Waals surface area contributed by atoms with Crippen molar-refractivity contribution in [1.82, 2.24) is 5.32 Å². The molecule has 2 fully saturated rings. The van der Waals surface area contributed by atoms with Gasteiger partial charge in [0.15, 0.2) is 0 Å². The van der Waals surface area contributed by atoms with Gasteiger partial charge < -0.3 is 14.8 Å². The second-order valence-corrected chi connectivity index (χ2v) is 4.99. The number of ether oxygens (including phenoxy) is 2. The van der Waals surface area contributed by atoms with Gasteiger partial charge in [-0.15, -0.1) is 0 Å². The maximum Gasteiger partial charge on any atom is 0.258 e. The molecule has 3 atom stereocenters. The molecule has 1 saturated heterocycles. The fourth-order valence-corrected chi connectivity index (χ4v) is 2.90. The van der Waals surface area contributed by atoms with E-state index in [1.807, 2.05) is 0 Å². The van der Waals surface area contributed by atoms with E-state index in [1.54, 1.807) is 6.07 Å². The lowest BCUT2D eigenvalue weighted by Crippen LogP contribution is -2.53. The predicted molar refractivity (Wildman–Crippen MR) is 66.7 cm³/mol. The van der Waals surface area contributed by atoms with Gasteiger partial charge in [0.05, 0.1) is 13.2 Å². The Morgan fingerprint density at radius 1 is 1.53 bits per heavy atom. The fourth-order valence-electron chi connectivity index (χ4n) is 2.90. The Labute approximate surface area is 110 Å². The molecule has 1 aromatic rings. The van der Waals surface area contributed by atoms with Crippen molar-refractivity contribution >= 4 is 5.91 Å². The number of amides is 1. The summed E-state index contributed by atoms with van der Waals surface area (Å²) in [4.78, 5) is 12.2. The molecule has 1 heterocycles. The number of benzene rings is 1. The lowest BCUT2D eigenvalue weighted by Gasteiger charge is -2.39. The first-order chi connectivity index (χ1) is 9.20. The fraction of sp³-hybridized carbons (Fsp3) is 0.500. The molecule has 0 radical (unpaired) electrons. The van der Waals surface area contributed by atoms with Crippen LogP contribution < -0.4 is 10.1 Å². The van der Waals surface area contributed by atoms with E-state index in [4.69, 9.17) is 9.47 Å². The Bertz CT molecular complexity index is 505. The van der Waals surface area contributed by atoms with E-state index in [1.165, 1.54) is 19.2 Å². The quantitative estimate of drug-likeness (QED) is 0.905. The standard InChI is InChI=1S/C14H16FNO3/c1-18-11-4-2-3-9(15)13(11)14(17)16-10-7-12-8(10)5-6-19-12/h2-4,8,10,12H,5-7H2,1H3,(H,16,17)/t8-,10-,12+/m1/s1. The van der Waals surface area contributed by atoms with E-state index < -0.39 is 11.7 Å². The second-order valence-electron chi connectivity index (χ2n) is 4.99. The number of carbonyl (C=O) groups is 1. The summed E-state index contributed by atoms with van der Waals surface area (Å²) in [5.41, 5.74) is -0.0210. The molecule has 2 aliphatic rings. The van der Waals surface area contributed by atoms with Crippen LogP contribution >= 0.6 is 0 Å². The van der Waals surface area contributed by atoms with Crippen LogP contribution in [0.1, 0.15) is 23.2 Å². The van der Waals surface area contributed by atoms with Crippen molar-refractivity contribution < 1.29 is 18.7 Å². The number of nitrogens with one attached hydrogen (secondary N) is 1. The summed E-state index contributed by atoms with van der Waals surface area (Å²) in [7, 11) is 1.43. The molecule has 4 nitrogen and oxygen atoms in total. The first-order valence-electron chi connectivity index (χ1n) is 6.45. The smallest absolute Gasteiger partial charge is 0.258 e. The molecule has 0 unspecified atom stereocenters. The number of fused-ring (bicyclic) bond motifs is 1. The molecule has 102 valence electrons. The highest BCUT2D eigenvalue weighted by Crippen LogP contribution is 2.38. The summed E-state index contributed by atoms with van der Waals surface area (Å²) in [5, 5.41) is 2.88. The molecule has 1 aromatic carbocycles. The van der Waals surface area contributed by atoms with Crippen molar-refractivity contribution in [3.63, 3.8) is 0 Å². The van der Waals surface area contributed by atoms with E-state index in [0.29, 0.717) is 5.92 Å². The van der Waals surface area contributed by atoms with Gasteiger partial charge in [0.2, 0.25) is 0 Å². The van der Waals surface area contributed by atoms with Gasteiger partial charge in [-0.2, -0.15) is 0 Å². The minimum Gasteiger partial charge on any atom is -0.496 e. The number of halogens is 1. The van der Waals surface area contributed by atoms with Crippen molar-refractivity contribution in [3.05, 3.63) is 29.6 Å². The third-order valence-electron chi connectivity index (χ3n) is 4.00. The van der Waals surface area contributed by atoms with Crippen LogP contribution in [0.25, 0.3) is 0 Å². The summed E-state index contributed by atoms with van der Waals surface area (Å²) >= 11 is 0. The van der Waals surface area contributed by atoms with E-state index in [2.05, 4.69) is 5.32 Å². The minimum atomic E-state index is -0.560. The molecule has 1 N–H and O–H groups in total. The summed E-state index contributed by atoms with van der Waals surface area (Å²) in [6.45, 7) is 0.755. The van der Waals surface area contributed by atoms with E-state index in [0.717, 1.165) is 19.4 Å². The molecule has 0 bridgehead atoms. The number of methoxy groups -OCH3 is 1. The van der Waals surface area contributed by atoms with Crippen molar-refractivity contribution in [2.45, 2.75) is 25.0 Å². The molecule has 5 heteroatoms. The molecule has 19 heavy (non-hydrogen) atoms. The number of hydrogen-bond donors (Lipinski definition) is 1. The first kappa shape index (κ1) is 12.4. The molecular formula is C14H16FNO3. The Morgan fingerprint density at radius 3 is 3.11 bits per heavy atom. The molecule has 3 rings (SSSR count). The highest BCUT2D eigenvalue weighted by molar-refractivity contribution is 5.97. The normalized spacial score (nSPS) is 28.4. The topological polar surface area (TPSA) is 47.6 Å². The van der Waals surface area contributed by atoms with Crippen molar-refractivity contribution in [2.75, 3.05) is 13.7 Å². The van der Waals surface area contributed by atoms with E-state index in [9.17, 15) is 9.18 Å². The van der Waals surface area contributed by atoms with Crippen LogP contribution in [-0.2, 0) is 4.74 Å².